The summed E-state index contributed by atoms with van der Waals surface area (Å²) < 4.78 is 22.5. The first-order valence-electron chi connectivity index (χ1n) is 5.73. The fourth-order valence-corrected chi connectivity index (χ4v) is 3.41. The van der Waals surface area contributed by atoms with Crippen molar-refractivity contribution in [2.24, 2.45) is 5.92 Å². The fraction of sp³-hybridized carbons (Fsp3) is 0.727. The molecule has 0 aromatic carbocycles. The number of nitrogens with zero attached hydrogens (tertiary/aromatic N) is 1. The van der Waals surface area contributed by atoms with Crippen LogP contribution in [0.4, 0.5) is 0 Å². The van der Waals surface area contributed by atoms with Crippen LogP contribution in [0, 0.1) is 5.92 Å². The maximum atomic E-state index is 12.1. The van der Waals surface area contributed by atoms with Crippen LogP contribution in [0.3, 0.4) is 0 Å². The maximum absolute atomic E-state index is 12.1. The SMILES string of the molecule is O=C([C@H]1CC=CCC1)N1CCS(=O)(=O)CC1. The number of carbonyl (C=O) groups is 1. The molecule has 1 fully saturated rings. The molecule has 1 saturated heterocycles. The van der Waals surface area contributed by atoms with Gasteiger partial charge in [0.05, 0.1) is 11.5 Å². The second-order valence-corrected chi connectivity index (χ2v) is 6.76. The lowest BCUT2D eigenvalue weighted by Gasteiger charge is -2.30. The second-order valence-electron chi connectivity index (χ2n) is 4.46. The average molecular weight is 243 g/mol. The number of allylic oxidation sites excluding steroid dienone is 2. The van der Waals surface area contributed by atoms with E-state index in [0.717, 1.165) is 19.3 Å². The Morgan fingerprint density at radius 1 is 1.19 bits per heavy atom. The summed E-state index contributed by atoms with van der Waals surface area (Å²) in [5.74, 6) is 0.466. The van der Waals surface area contributed by atoms with Crippen LogP contribution in [0.15, 0.2) is 12.2 Å². The molecule has 0 saturated carbocycles. The molecule has 5 heteroatoms. The van der Waals surface area contributed by atoms with Crippen molar-refractivity contribution in [2.75, 3.05) is 24.6 Å². The highest BCUT2D eigenvalue weighted by Gasteiger charge is 2.29. The molecule has 1 aliphatic carbocycles. The molecule has 2 rings (SSSR count). The van der Waals surface area contributed by atoms with Crippen molar-refractivity contribution in [3.63, 3.8) is 0 Å². The molecule has 0 unspecified atom stereocenters. The van der Waals surface area contributed by atoms with Gasteiger partial charge in [-0.25, -0.2) is 8.42 Å². The van der Waals surface area contributed by atoms with Crippen LogP contribution < -0.4 is 0 Å². The number of sulfone groups is 1. The monoisotopic (exact) mass is 243 g/mol. The first-order valence-corrected chi connectivity index (χ1v) is 7.55. The molecule has 2 aliphatic rings. The standard InChI is InChI=1S/C11H17NO3S/c13-11(10-4-2-1-3-5-10)12-6-8-16(14,15)9-7-12/h1-2,10H,3-9H2/t10-/m0/s1. The van der Waals surface area contributed by atoms with E-state index >= 15 is 0 Å². The molecule has 1 aliphatic heterocycles. The molecule has 4 nitrogen and oxygen atoms in total. The number of rotatable bonds is 1. The minimum atomic E-state index is -2.89. The molecule has 90 valence electrons. The Kier molecular flexibility index (Phi) is 3.33. The Morgan fingerprint density at radius 3 is 2.44 bits per heavy atom. The van der Waals surface area contributed by atoms with Crippen LogP contribution in [-0.4, -0.2) is 43.8 Å². The van der Waals surface area contributed by atoms with Gasteiger partial charge in [0.15, 0.2) is 9.84 Å². The van der Waals surface area contributed by atoms with Gasteiger partial charge in [-0.2, -0.15) is 0 Å². The second kappa shape index (κ2) is 4.57. The van der Waals surface area contributed by atoms with E-state index < -0.39 is 9.84 Å². The predicted octanol–water partition coefficient (Wildman–Crippen LogP) is 0.600. The predicted molar refractivity (Wildman–Crippen MR) is 61.7 cm³/mol. The van der Waals surface area contributed by atoms with Crippen LogP contribution >= 0.6 is 0 Å². The summed E-state index contributed by atoms with van der Waals surface area (Å²) in [7, 11) is -2.89. The molecule has 1 atom stereocenters. The van der Waals surface area contributed by atoms with Gasteiger partial charge >= 0.3 is 0 Å². The van der Waals surface area contributed by atoms with Gasteiger partial charge in [0.1, 0.15) is 0 Å². The zero-order valence-corrected chi connectivity index (χ0v) is 10.1. The summed E-state index contributed by atoms with van der Waals surface area (Å²) in [6, 6.07) is 0. The van der Waals surface area contributed by atoms with Crippen LogP contribution in [0.1, 0.15) is 19.3 Å². The molecular weight excluding hydrogens is 226 g/mol. The Labute approximate surface area is 96.2 Å². The third-order valence-corrected chi connectivity index (χ3v) is 4.88. The van der Waals surface area contributed by atoms with Gasteiger partial charge in [0.2, 0.25) is 5.91 Å². The Bertz CT molecular complexity index is 385. The molecule has 0 aromatic heterocycles. The minimum absolute atomic E-state index is 0.0748. The molecule has 0 aromatic rings. The summed E-state index contributed by atoms with van der Waals surface area (Å²) >= 11 is 0. The Hall–Kier alpha value is -0.840. The zero-order valence-electron chi connectivity index (χ0n) is 9.26. The van der Waals surface area contributed by atoms with E-state index in [2.05, 4.69) is 6.08 Å². The number of amides is 1. The van der Waals surface area contributed by atoms with Crippen molar-refractivity contribution in [3.05, 3.63) is 12.2 Å². The van der Waals surface area contributed by atoms with Gasteiger partial charge in [0, 0.05) is 19.0 Å². The average Bonchev–Trinajstić information content (AvgIpc) is 2.29. The van der Waals surface area contributed by atoms with Crippen LogP contribution in [0.25, 0.3) is 0 Å². The molecular formula is C11H17NO3S. The van der Waals surface area contributed by atoms with E-state index in [9.17, 15) is 13.2 Å². The Balaban J connectivity index is 1.93. The van der Waals surface area contributed by atoms with Crippen molar-refractivity contribution >= 4 is 15.7 Å². The summed E-state index contributed by atoms with van der Waals surface area (Å²) in [6.45, 7) is 0.753. The highest BCUT2D eigenvalue weighted by Crippen LogP contribution is 2.21. The molecule has 1 heterocycles. The topological polar surface area (TPSA) is 54.5 Å². The molecule has 1 amide bonds. The third-order valence-electron chi connectivity index (χ3n) is 3.27. The van der Waals surface area contributed by atoms with E-state index in [4.69, 9.17) is 0 Å². The normalized spacial score (nSPS) is 29.0. The Morgan fingerprint density at radius 2 is 1.88 bits per heavy atom. The zero-order chi connectivity index (χ0) is 11.6. The summed E-state index contributed by atoms with van der Waals surface area (Å²) in [4.78, 5) is 13.8. The van der Waals surface area contributed by atoms with Gasteiger partial charge in [-0.05, 0) is 19.3 Å². The van der Waals surface area contributed by atoms with Crippen LogP contribution in [-0.2, 0) is 14.6 Å². The highest BCUT2D eigenvalue weighted by molar-refractivity contribution is 7.91. The third kappa shape index (κ3) is 2.64. The summed E-state index contributed by atoms with van der Waals surface area (Å²) in [6.07, 6.45) is 6.82. The molecule has 0 spiro atoms. The van der Waals surface area contributed by atoms with Crippen LogP contribution in [0.5, 0.6) is 0 Å². The van der Waals surface area contributed by atoms with E-state index in [1.807, 2.05) is 6.08 Å². The van der Waals surface area contributed by atoms with Crippen molar-refractivity contribution in [1.29, 1.82) is 0 Å². The largest absolute Gasteiger partial charge is 0.340 e. The number of hydrogen-bond acceptors (Lipinski definition) is 3. The van der Waals surface area contributed by atoms with Crippen LogP contribution in [0.2, 0.25) is 0 Å². The van der Waals surface area contributed by atoms with Gasteiger partial charge in [-0.15, -0.1) is 0 Å². The van der Waals surface area contributed by atoms with E-state index in [1.54, 1.807) is 4.90 Å². The molecule has 0 radical (unpaired) electrons. The lowest BCUT2D eigenvalue weighted by atomic mass is 9.93. The molecule has 0 N–H and O–H groups in total. The quantitative estimate of drug-likeness (QED) is 0.634. The first kappa shape index (κ1) is 11.6. The first-order chi connectivity index (χ1) is 7.58. The van der Waals surface area contributed by atoms with E-state index in [0.29, 0.717) is 13.1 Å². The van der Waals surface area contributed by atoms with Gasteiger partial charge in [-0.1, -0.05) is 12.2 Å². The minimum Gasteiger partial charge on any atom is -0.340 e. The summed E-state index contributed by atoms with van der Waals surface area (Å²) in [5.41, 5.74) is 0. The van der Waals surface area contributed by atoms with Crippen molar-refractivity contribution in [3.8, 4) is 0 Å². The van der Waals surface area contributed by atoms with E-state index in [-0.39, 0.29) is 23.3 Å². The number of hydrogen-bond donors (Lipinski definition) is 0. The fourth-order valence-electron chi connectivity index (χ4n) is 2.21. The van der Waals surface area contributed by atoms with Crippen molar-refractivity contribution in [2.45, 2.75) is 19.3 Å². The van der Waals surface area contributed by atoms with Gasteiger partial charge in [-0.3, -0.25) is 4.79 Å². The van der Waals surface area contributed by atoms with Gasteiger partial charge < -0.3 is 4.90 Å². The molecule has 0 bridgehead atoms. The van der Waals surface area contributed by atoms with Crippen molar-refractivity contribution < 1.29 is 13.2 Å². The van der Waals surface area contributed by atoms with Gasteiger partial charge in [0.25, 0.3) is 0 Å². The van der Waals surface area contributed by atoms with Crippen molar-refractivity contribution in [1.82, 2.24) is 4.90 Å². The smallest absolute Gasteiger partial charge is 0.226 e. The van der Waals surface area contributed by atoms with E-state index in [1.165, 1.54) is 0 Å². The lowest BCUT2D eigenvalue weighted by Crippen LogP contribution is -2.46. The lowest BCUT2D eigenvalue weighted by molar-refractivity contribution is -0.135. The maximum Gasteiger partial charge on any atom is 0.226 e. The molecule has 16 heavy (non-hydrogen) atoms. The summed E-state index contributed by atoms with van der Waals surface area (Å²) in [5, 5.41) is 0. The number of carbonyl (C=O) groups excluding carboxylic acids is 1. The highest BCUT2D eigenvalue weighted by atomic mass is 32.2.